The van der Waals surface area contributed by atoms with Crippen LogP contribution in [0.3, 0.4) is 0 Å². The topological polar surface area (TPSA) is 61.4 Å². The predicted molar refractivity (Wildman–Crippen MR) is 90.3 cm³/mol. The third kappa shape index (κ3) is 3.51. The Morgan fingerprint density at radius 2 is 2.00 bits per heavy atom. The first-order valence-electron chi connectivity index (χ1n) is 7.59. The molecule has 5 nitrogen and oxygen atoms in total. The molecular weight excluding hydrogens is 290 g/mol. The summed E-state index contributed by atoms with van der Waals surface area (Å²) < 4.78 is 0. The first-order chi connectivity index (χ1) is 11.1. The summed E-state index contributed by atoms with van der Waals surface area (Å²) in [7, 11) is 0. The summed E-state index contributed by atoms with van der Waals surface area (Å²) >= 11 is 0. The van der Waals surface area contributed by atoms with Crippen LogP contribution in [0.4, 0.5) is 11.4 Å². The number of nitrogens with one attached hydrogen (secondary N) is 2. The van der Waals surface area contributed by atoms with E-state index in [4.69, 9.17) is 0 Å². The van der Waals surface area contributed by atoms with Crippen molar-refractivity contribution >= 4 is 23.2 Å². The van der Waals surface area contributed by atoms with Gasteiger partial charge in [-0.2, -0.15) is 0 Å². The Morgan fingerprint density at radius 3 is 2.78 bits per heavy atom. The third-order valence-electron chi connectivity index (χ3n) is 3.81. The molecule has 0 saturated carbocycles. The molecule has 2 amide bonds. The van der Waals surface area contributed by atoms with Crippen LogP contribution in [-0.2, 0) is 16.1 Å². The molecule has 1 aliphatic heterocycles. The zero-order valence-electron chi connectivity index (χ0n) is 13.0. The first kappa shape index (κ1) is 15.1. The molecule has 0 radical (unpaired) electrons. The third-order valence-corrected chi connectivity index (χ3v) is 3.81. The molecule has 2 N–H and O–H groups in total. The molecule has 0 spiro atoms. The number of rotatable bonds is 4. The van der Waals surface area contributed by atoms with E-state index in [1.54, 1.807) is 0 Å². The Labute approximate surface area is 135 Å². The lowest BCUT2D eigenvalue weighted by atomic mass is 10.1. The largest absolute Gasteiger partial charge is 0.374 e. The van der Waals surface area contributed by atoms with Gasteiger partial charge in [0.05, 0.1) is 17.9 Å². The Morgan fingerprint density at radius 1 is 1.22 bits per heavy atom. The van der Waals surface area contributed by atoms with Crippen molar-refractivity contribution in [3.8, 4) is 0 Å². The van der Waals surface area contributed by atoms with E-state index in [1.807, 2.05) is 55.5 Å². The van der Waals surface area contributed by atoms with Gasteiger partial charge in [0.25, 0.3) is 0 Å². The number of aryl methyl sites for hydroxylation is 1. The maximum absolute atomic E-state index is 12.2. The SMILES string of the molecule is Cc1ccc2c(c1)NCC(=O)N2CC(=O)NCc1ccccc1. The van der Waals surface area contributed by atoms with Gasteiger partial charge in [0.2, 0.25) is 11.8 Å². The van der Waals surface area contributed by atoms with Crippen LogP contribution in [0.2, 0.25) is 0 Å². The van der Waals surface area contributed by atoms with Crippen molar-refractivity contribution in [3.63, 3.8) is 0 Å². The molecule has 0 atom stereocenters. The second-order valence-corrected chi connectivity index (χ2v) is 5.62. The number of carbonyl (C=O) groups is 2. The molecule has 118 valence electrons. The van der Waals surface area contributed by atoms with Gasteiger partial charge in [-0.3, -0.25) is 14.5 Å². The summed E-state index contributed by atoms with van der Waals surface area (Å²) in [5.41, 5.74) is 3.78. The quantitative estimate of drug-likeness (QED) is 0.909. The second kappa shape index (κ2) is 6.52. The van der Waals surface area contributed by atoms with Crippen molar-refractivity contribution in [1.82, 2.24) is 5.32 Å². The Kier molecular flexibility index (Phi) is 4.28. The van der Waals surface area contributed by atoms with Crippen molar-refractivity contribution < 1.29 is 9.59 Å². The van der Waals surface area contributed by atoms with Gasteiger partial charge in [0, 0.05) is 6.54 Å². The maximum Gasteiger partial charge on any atom is 0.246 e. The van der Waals surface area contributed by atoms with Gasteiger partial charge in [-0.1, -0.05) is 36.4 Å². The lowest BCUT2D eigenvalue weighted by Crippen LogP contribution is -2.45. The van der Waals surface area contributed by atoms with Crippen LogP contribution in [0.25, 0.3) is 0 Å². The van der Waals surface area contributed by atoms with E-state index in [0.29, 0.717) is 6.54 Å². The number of benzene rings is 2. The van der Waals surface area contributed by atoms with E-state index in [1.165, 1.54) is 4.90 Å². The maximum atomic E-state index is 12.2. The van der Waals surface area contributed by atoms with Gasteiger partial charge < -0.3 is 10.6 Å². The van der Waals surface area contributed by atoms with E-state index in [9.17, 15) is 9.59 Å². The molecule has 5 heteroatoms. The summed E-state index contributed by atoms with van der Waals surface area (Å²) in [5.74, 6) is -0.271. The number of anilines is 2. The molecule has 0 aromatic heterocycles. The van der Waals surface area contributed by atoms with Gasteiger partial charge in [0.1, 0.15) is 6.54 Å². The van der Waals surface area contributed by atoms with Gasteiger partial charge in [-0.05, 0) is 30.2 Å². The van der Waals surface area contributed by atoms with E-state index in [2.05, 4.69) is 10.6 Å². The monoisotopic (exact) mass is 309 g/mol. The highest BCUT2D eigenvalue weighted by atomic mass is 16.2. The molecule has 2 aromatic rings. The van der Waals surface area contributed by atoms with Crippen LogP contribution in [0.15, 0.2) is 48.5 Å². The zero-order chi connectivity index (χ0) is 16.2. The molecule has 1 aliphatic rings. The number of hydrogen-bond acceptors (Lipinski definition) is 3. The van der Waals surface area contributed by atoms with Crippen LogP contribution >= 0.6 is 0 Å². The minimum Gasteiger partial charge on any atom is -0.374 e. The van der Waals surface area contributed by atoms with Crippen LogP contribution in [-0.4, -0.2) is 24.9 Å². The number of hydrogen-bond donors (Lipinski definition) is 2. The fourth-order valence-corrected chi connectivity index (χ4v) is 2.60. The van der Waals surface area contributed by atoms with Crippen LogP contribution in [0, 0.1) is 6.92 Å². The van der Waals surface area contributed by atoms with Crippen molar-refractivity contribution in [2.75, 3.05) is 23.3 Å². The van der Waals surface area contributed by atoms with E-state index >= 15 is 0 Å². The number of fused-ring (bicyclic) bond motifs is 1. The molecule has 0 saturated heterocycles. The van der Waals surface area contributed by atoms with Crippen molar-refractivity contribution in [2.45, 2.75) is 13.5 Å². The lowest BCUT2D eigenvalue weighted by molar-refractivity contribution is -0.123. The average Bonchev–Trinajstić information content (AvgIpc) is 2.56. The fraction of sp³-hybridized carbons (Fsp3) is 0.222. The summed E-state index contributed by atoms with van der Waals surface area (Å²) in [6.45, 7) is 2.70. The van der Waals surface area contributed by atoms with Gasteiger partial charge in [-0.15, -0.1) is 0 Å². The lowest BCUT2D eigenvalue weighted by Gasteiger charge is -2.30. The van der Waals surface area contributed by atoms with Gasteiger partial charge in [-0.25, -0.2) is 0 Å². The summed E-state index contributed by atoms with van der Waals surface area (Å²) in [4.78, 5) is 25.8. The standard InChI is InChI=1S/C18H19N3O2/c1-13-7-8-16-15(9-13)19-11-18(23)21(16)12-17(22)20-10-14-5-3-2-4-6-14/h2-9,19H,10-12H2,1H3,(H,20,22). The predicted octanol–water partition coefficient (Wildman–Crippen LogP) is 2.07. The molecule has 3 rings (SSSR count). The molecule has 2 aromatic carbocycles. The first-order valence-corrected chi connectivity index (χ1v) is 7.59. The minimum atomic E-state index is -0.171. The highest BCUT2D eigenvalue weighted by molar-refractivity contribution is 6.05. The summed E-state index contributed by atoms with van der Waals surface area (Å²) in [5, 5.41) is 5.95. The highest BCUT2D eigenvalue weighted by Crippen LogP contribution is 2.30. The van der Waals surface area contributed by atoms with E-state index < -0.39 is 0 Å². The summed E-state index contributed by atoms with van der Waals surface area (Å²) in [6.07, 6.45) is 0. The summed E-state index contributed by atoms with van der Waals surface area (Å²) in [6, 6.07) is 15.5. The highest BCUT2D eigenvalue weighted by Gasteiger charge is 2.25. The van der Waals surface area contributed by atoms with Crippen molar-refractivity contribution in [2.24, 2.45) is 0 Å². The zero-order valence-corrected chi connectivity index (χ0v) is 13.0. The molecule has 23 heavy (non-hydrogen) atoms. The molecule has 0 bridgehead atoms. The average molecular weight is 309 g/mol. The Balaban J connectivity index is 1.67. The smallest absolute Gasteiger partial charge is 0.246 e. The van der Waals surface area contributed by atoms with E-state index in [0.717, 1.165) is 22.5 Å². The Bertz CT molecular complexity index is 728. The molecule has 0 aliphatic carbocycles. The molecule has 0 fully saturated rings. The van der Waals surface area contributed by atoms with E-state index in [-0.39, 0.29) is 24.9 Å². The normalized spacial score (nSPS) is 13.3. The number of amides is 2. The molecular formula is C18H19N3O2. The fourth-order valence-electron chi connectivity index (χ4n) is 2.60. The number of carbonyl (C=O) groups excluding carboxylic acids is 2. The molecule has 0 unspecified atom stereocenters. The van der Waals surface area contributed by atoms with Crippen LogP contribution in [0.1, 0.15) is 11.1 Å². The van der Waals surface area contributed by atoms with Gasteiger partial charge >= 0.3 is 0 Å². The van der Waals surface area contributed by atoms with Crippen LogP contribution < -0.4 is 15.5 Å². The van der Waals surface area contributed by atoms with Crippen molar-refractivity contribution in [3.05, 3.63) is 59.7 Å². The minimum absolute atomic E-state index is 0.0312. The number of nitrogens with zero attached hydrogens (tertiary/aromatic N) is 1. The van der Waals surface area contributed by atoms with Crippen LogP contribution in [0.5, 0.6) is 0 Å². The van der Waals surface area contributed by atoms with Crippen molar-refractivity contribution in [1.29, 1.82) is 0 Å². The Hall–Kier alpha value is -2.82. The second-order valence-electron chi connectivity index (χ2n) is 5.62. The van der Waals surface area contributed by atoms with Gasteiger partial charge in [0.15, 0.2) is 0 Å². The molecule has 1 heterocycles.